The zero-order valence-electron chi connectivity index (χ0n) is 27.2. The van der Waals surface area contributed by atoms with Gasteiger partial charge in [-0.1, -0.05) is 157 Å². The molecule has 0 bridgehead atoms. The third-order valence-electron chi connectivity index (χ3n) is 9.86. The topological polar surface area (TPSA) is 0 Å². The molecule has 48 heavy (non-hydrogen) atoms. The highest BCUT2D eigenvalue weighted by Gasteiger charge is 2.21. The van der Waals surface area contributed by atoms with Crippen LogP contribution in [0.4, 0.5) is 0 Å². The lowest BCUT2D eigenvalue weighted by Gasteiger charge is -2.21. The molecule has 0 spiro atoms. The minimum Gasteiger partial charge on any atom is -0.0622 e. The van der Waals surface area contributed by atoms with Crippen molar-refractivity contribution in [2.75, 3.05) is 0 Å². The van der Waals surface area contributed by atoms with E-state index in [1.54, 1.807) is 0 Å². The normalized spacial score (nSPS) is 11.5. The summed E-state index contributed by atoms with van der Waals surface area (Å²) in [5, 5.41) is 10.1. The number of hydrogen-bond donors (Lipinski definition) is 0. The Balaban J connectivity index is 1.45. The van der Waals surface area contributed by atoms with Crippen molar-refractivity contribution in [3.63, 3.8) is 0 Å². The minimum atomic E-state index is 1.22. The van der Waals surface area contributed by atoms with Crippen LogP contribution in [0.5, 0.6) is 0 Å². The number of fused-ring (bicyclic) bond motifs is 4. The monoisotopic (exact) mass is 610 g/mol. The van der Waals surface area contributed by atoms with Crippen molar-refractivity contribution in [2.24, 2.45) is 0 Å². The molecule has 0 aliphatic carbocycles. The van der Waals surface area contributed by atoms with Gasteiger partial charge in [-0.15, -0.1) is 0 Å². The predicted octanol–water partition coefficient (Wildman–Crippen LogP) is 13.6. The molecule has 0 saturated carbocycles. The van der Waals surface area contributed by atoms with E-state index in [9.17, 15) is 0 Å². The Morgan fingerprint density at radius 1 is 0.271 bits per heavy atom. The molecule has 0 unspecified atom stereocenters. The van der Waals surface area contributed by atoms with Crippen LogP contribution in [0, 0.1) is 13.8 Å². The number of aryl methyl sites for hydroxylation is 2. The highest BCUT2D eigenvalue weighted by Crippen LogP contribution is 2.48. The Morgan fingerprint density at radius 3 is 1.50 bits per heavy atom. The summed E-state index contributed by atoms with van der Waals surface area (Å²) >= 11 is 0. The Hall–Kier alpha value is -5.98. The Bertz CT molecular complexity index is 2660. The molecule has 0 aliphatic rings. The van der Waals surface area contributed by atoms with Gasteiger partial charge in [0.15, 0.2) is 0 Å². The van der Waals surface area contributed by atoms with E-state index in [0.717, 1.165) is 0 Å². The summed E-state index contributed by atoms with van der Waals surface area (Å²) < 4.78 is 0. The van der Waals surface area contributed by atoms with Crippen LogP contribution in [0.2, 0.25) is 0 Å². The first kappa shape index (κ1) is 28.3. The summed E-state index contributed by atoms with van der Waals surface area (Å²) in [6.45, 7) is 4.41. The summed E-state index contributed by atoms with van der Waals surface area (Å²) in [4.78, 5) is 0. The average Bonchev–Trinajstić information content (AvgIpc) is 3.13. The van der Waals surface area contributed by atoms with Gasteiger partial charge in [0.1, 0.15) is 0 Å². The van der Waals surface area contributed by atoms with Crippen LogP contribution in [0.15, 0.2) is 170 Å². The maximum Gasteiger partial charge on any atom is -0.00197 e. The minimum absolute atomic E-state index is 1.22. The van der Waals surface area contributed by atoms with Crippen LogP contribution in [-0.4, -0.2) is 0 Å². The van der Waals surface area contributed by atoms with Crippen molar-refractivity contribution in [2.45, 2.75) is 13.8 Å². The molecule has 226 valence electrons. The summed E-state index contributed by atoms with van der Waals surface area (Å²) in [5.41, 5.74) is 12.6. The number of benzene rings is 9. The third kappa shape index (κ3) is 4.77. The van der Waals surface area contributed by atoms with Gasteiger partial charge in [0.25, 0.3) is 0 Å². The van der Waals surface area contributed by atoms with E-state index in [1.165, 1.54) is 98.7 Å². The molecular weight excluding hydrogens is 577 g/mol. The van der Waals surface area contributed by atoms with Crippen molar-refractivity contribution in [1.29, 1.82) is 0 Å². The summed E-state index contributed by atoms with van der Waals surface area (Å²) in [5.74, 6) is 0. The first-order valence-electron chi connectivity index (χ1n) is 16.8. The Morgan fingerprint density at radius 2 is 0.792 bits per heavy atom. The lowest BCUT2D eigenvalue weighted by Crippen LogP contribution is -1.94. The standard InChI is InChI=1S/C48H34/c1-31-24-32(2)26-40(25-31)47-41-18-10-11-19-42(41)48(46-29-37-17-9-8-16-36(37)28-44(46)34-13-4-3-5-14-34)45-30-39(22-23-43(45)47)38-21-20-33-12-6-7-15-35(33)27-38/h3-30H,1-2H3. The highest BCUT2D eigenvalue weighted by molar-refractivity contribution is 6.23. The van der Waals surface area contributed by atoms with Gasteiger partial charge >= 0.3 is 0 Å². The summed E-state index contributed by atoms with van der Waals surface area (Å²) in [6.07, 6.45) is 0. The van der Waals surface area contributed by atoms with E-state index in [0.29, 0.717) is 0 Å². The second kappa shape index (κ2) is 11.4. The lowest BCUT2D eigenvalue weighted by atomic mass is 9.82. The average molecular weight is 611 g/mol. The van der Waals surface area contributed by atoms with E-state index in [1.807, 2.05) is 0 Å². The smallest absolute Gasteiger partial charge is 0.00197 e. The maximum absolute atomic E-state index is 2.44. The van der Waals surface area contributed by atoms with Gasteiger partial charge in [-0.05, 0) is 126 Å². The second-order valence-corrected chi connectivity index (χ2v) is 13.1. The molecule has 9 rings (SSSR count). The van der Waals surface area contributed by atoms with E-state index in [2.05, 4.69) is 184 Å². The van der Waals surface area contributed by atoms with Gasteiger partial charge in [-0.2, -0.15) is 0 Å². The quantitative estimate of drug-likeness (QED) is 0.174. The van der Waals surface area contributed by atoms with Crippen molar-refractivity contribution < 1.29 is 0 Å². The van der Waals surface area contributed by atoms with Crippen LogP contribution in [0.25, 0.3) is 87.6 Å². The fraction of sp³-hybridized carbons (Fsp3) is 0.0417. The molecule has 0 radical (unpaired) electrons. The SMILES string of the molecule is Cc1cc(C)cc(-c2c3ccccc3c(-c3cc4ccccc4cc3-c3ccccc3)c3cc(-c4ccc5ccccc5c4)ccc23)c1. The predicted molar refractivity (Wildman–Crippen MR) is 208 cm³/mol. The molecule has 0 amide bonds. The van der Waals surface area contributed by atoms with Crippen molar-refractivity contribution in [3.8, 4) is 44.5 Å². The molecule has 0 fully saturated rings. The van der Waals surface area contributed by atoms with Gasteiger partial charge in [-0.3, -0.25) is 0 Å². The molecule has 0 aromatic heterocycles. The first-order chi connectivity index (χ1) is 23.6. The zero-order valence-corrected chi connectivity index (χ0v) is 27.2. The van der Waals surface area contributed by atoms with Crippen LogP contribution < -0.4 is 0 Å². The van der Waals surface area contributed by atoms with Crippen LogP contribution >= 0.6 is 0 Å². The summed E-state index contributed by atoms with van der Waals surface area (Å²) in [6, 6.07) is 63.0. The van der Waals surface area contributed by atoms with Crippen LogP contribution in [0.1, 0.15) is 11.1 Å². The van der Waals surface area contributed by atoms with E-state index >= 15 is 0 Å². The Kier molecular flexibility index (Phi) is 6.69. The maximum atomic E-state index is 2.44. The fourth-order valence-corrected chi connectivity index (χ4v) is 7.75. The molecule has 9 aromatic rings. The van der Waals surface area contributed by atoms with Gasteiger partial charge < -0.3 is 0 Å². The van der Waals surface area contributed by atoms with E-state index < -0.39 is 0 Å². The van der Waals surface area contributed by atoms with E-state index in [4.69, 9.17) is 0 Å². The molecule has 0 aliphatic heterocycles. The molecule has 0 saturated heterocycles. The highest BCUT2D eigenvalue weighted by atomic mass is 14.2. The van der Waals surface area contributed by atoms with Crippen molar-refractivity contribution in [3.05, 3.63) is 181 Å². The zero-order chi connectivity index (χ0) is 32.2. The van der Waals surface area contributed by atoms with Crippen molar-refractivity contribution >= 4 is 43.1 Å². The third-order valence-corrected chi connectivity index (χ3v) is 9.86. The number of rotatable bonds is 4. The molecule has 0 heteroatoms. The van der Waals surface area contributed by atoms with E-state index in [-0.39, 0.29) is 0 Å². The molecule has 9 aromatic carbocycles. The molecule has 0 heterocycles. The molecule has 0 atom stereocenters. The molecular formula is C48H34. The lowest BCUT2D eigenvalue weighted by molar-refractivity contribution is 1.39. The van der Waals surface area contributed by atoms with Gasteiger partial charge in [0.05, 0.1) is 0 Å². The number of hydrogen-bond acceptors (Lipinski definition) is 0. The first-order valence-corrected chi connectivity index (χ1v) is 16.8. The van der Waals surface area contributed by atoms with Crippen LogP contribution in [-0.2, 0) is 0 Å². The van der Waals surface area contributed by atoms with Gasteiger partial charge in [0.2, 0.25) is 0 Å². The fourth-order valence-electron chi connectivity index (χ4n) is 7.75. The summed E-state index contributed by atoms with van der Waals surface area (Å²) in [7, 11) is 0. The van der Waals surface area contributed by atoms with Gasteiger partial charge in [0, 0.05) is 0 Å². The largest absolute Gasteiger partial charge is 0.0622 e. The van der Waals surface area contributed by atoms with Gasteiger partial charge in [-0.25, -0.2) is 0 Å². The molecule has 0 N–H and O–H groups in total. The second-order valence-electron chi connectivity index (χ2n) is 13.1. The molecule has 0 nitrogen and oxygen atoms in total. The Labute approximate surface area is 281 Å². The van der Waals surface area contributed by atoms with Crippen LogP contribution in [0.3, 0.4) is 0 Å². The van der Waals surface area contributed by atoms with Crippen molar-refractivity contribution in [1.82, 2.24) is 0 Å².